The summed E-state index contributed by atoms with van der Waals surface area (Å²) in [7, 11) is -3.83. The van der Waals surface area contributed by atoms with Gasteiger partial charge in [-0.25, -0.2) is 4.57 Å². The minimum atomic E-state index is -3.83. The quantitative estimate of drug-likeness (QED) is 0.757. The maximum atomic E-state index is 13.1. The molecule has 0 heterocycles. The van der Waals surface area contributed by atoms with Gasteiger partial charge in [0.2, 0.25) is 0 Å². The summed E-state index contributed by atoms with van der Waals surface area (Å²) in [6.45, 7) is 0. The van der Waals surface area contributed by atoms with E-state index in [1.54, 1.807) is 12.1 Å². The van der Waals surface area contributed by atoms with Crippen molar-refractivity contribution in [2.75, 3.05) is 0 Å². The van der Waals surface area contributed by atoms with Crippen molar-refractivity contribution in [3.8, 4) is 5.75 Å². The van der Waals surface area contributed by atoms with Crippen LogP contribution in [0.4, 0.5) is 0 Å². The van der Waals surface area contributed by atoms with Gasteiger partial charge >= 0.3 is 7.75 Å². The minimum absolute atomic E-state index is 0.186. The summed E-state index contributed by atoms with van der Waals surface area (Å²) in [5.41, 5.74) is 0. The average Bonchev–Trinajstić information content (AvgIpc) is 2.57. The minimum Gasteiger partial charge on any atom is -0.413 e. The van der Waals surface area contributed by atoms with Crippen molar-refractivity contribution in [1.29, 1.82) is 0 Å². The molecular weight excluding hydrogens is 309 g/mol. The van der Waals surface area contributed by atoms with Crippen molar-refractivity contribution in [3.05, 3.63) is 30.3 Å². The summed E-state index contributed by atoms with van der Waals surface area (Å²) in [4.78, 5) is 10.8. The average molecular weight is 337 g/mol. The molecule has 1 aromatic rings. The zero-order valence-electron chi connectivity index (χ0n) is 13.8. The Balaban J connectivity index is 1.81. The first kappa shape index (κ1) is 17.0. The van der Waals surface area contributed by atoms with Crippen molar-refractivity contribution in [2.24, 2.45) is 0 Å². The first-order chi connectivity index (χ1) is 11.2. The SMILES string of the molecule is O=P(O)(Oc1ccccc1)N(C1CCCCC1)C1CCCCC1. The fourth-order valence-electron chi connectivity index (χ4n) is 4.07. The second kappa shape index (κ2) is 7.83. The largest absolute Gasteiger partial charge is 0.459 e. The standard InChI is InChI=1S/C18H28NO3P/c20-23(21,22-18-14-8-3-9-15-18)19(16-10-4-1-5-11-16)17-12-6-2-7-13-17/h3,8-9,14-17H,1-2,4-7,10-13H2,(H,20,21). The van der Waals surface area contributed by atoms with Gasteiger partial charge in [-0.1, -0.05) is 56.7 Å². The molecule has 1 N–H and O–H groups in total. The van der Waals surface area contributed by atoms with Crippen molar-refractivity contribution in [3.63, 3.8) is 0 Å². The Morgan fingerprint density at radius 2 is 1.35 bits per heavy atom. The molecule has 2 saturated carbocycles. The lowest BCUT2D eigenvalue weighted by atomic mass is 9.91. The van der Waals surface area contributed by atoms with Crippen LogP contribution in [0.15, 0.2) is 30.3 Å². The van der Waals surface area contributed by atoms with Gasteiger partial charge in [0.1, 0.15) is 5.75 Å². The Bertz CT molecular complexity index is 506. The molecule has 1 atom stereocenters. The highest BCUT2D eigenvalue weighted by atomic mass is 31.2. The first-order valence-corrected chi connectivity index (χ1v) is 10.6. The van der Waals surface area contributed by atoms with E-state index in [9.17, 15) is 9.46 Å². The summed E-state index contributed by atoms with van der Waals surface area (Å²) in [5.74, 6) is 0.481. The molecule has 4 nitrogen and oxygen atoms in total. The van der Waals surface area contributed by atoms with Crippen LogP contribution >= 0.6 is 7.75 Å². The summed E-state index contributed by atoms with van der Waals surface area (Å²) < 4.78 is 20.6. The molecule has 2 aliphatic carbocycles. The molecule has 3 rings (SSSR count). The number of para-hydroxylation sites is 1. The Hall–Kier alpha value is -0.830. The second-order valence-corrected chi connectivity index (χ2v) is 8.48. The van der Waals surface area contributed by atoms with Crippen LogP contribution in [-0.4, -0.2) is 21.6 Å². The van der Waals surface area contributed by atoms with Crippen LogP contribution < -0.4 is 4.52 Å². The van der Waals surface area contributed by atoms with E-state index in [2.05, 4.69) is 0 Å². The van der Waals surface area contributed by atoms with Crippen LogP contribution in [-0.2, 0) is 4.57 Å². The predicted molar refractivity (Wildman–Crippen MR) is 92.5 cm³/mol. The van der Waals surface area contributed by atoms with Gasteiger partial charge in [-0.15, -0.1) is 0 Å². The molecule has 0 bridgehead atoms. The van der Waals surface area contributed by atoms with Crippen LogP contribution in [0.3, 0.4) is 0 Å². The smallest absolute Gasteiger partial charge is 0.413 e. The summed E-state index contributed by atoms with van der Waals surface area (Å²) in [6, 6.07) is 9.43. The Morgan fingerprint density at radius 1 is 0.870 bits per heavy atom. The summed E-state index contributed by atoms with van der Waals surface area (Å²) in [5, 5.41) is 0. The third kappa shape index (κ3) is 4.37. The second-order valence-electron chi connectivity index (χ2n) is 6.86. The molecule has 5 heteroatoms. The number of hydrogen-bond acceptors (Lipinski definition) is 2. The molecule has 2 fully saturated rings. The van der Waals surface area contributed by atoms with Crippen molar-refractivity contribution in [2.45, 2.75) is 76.3 Å². The summed E-state index contributed by atoms with van der Waals surface area (Å²) in [6.07, 6.45) is 11.1. The lowest BCUT2D eigenvalue weighted by molar-refractivity contribution is 0.131. The van der Waals surface area contributed by atoms with Crippen LogP contribution in [0.2, 0.25) is 0 Å². The van der Waals surface area contributed by atoms with Gasteiger partial charge in [-0.05, 0) is 37.8 Å². The predicted octanol–water partition coefficient (Wildman–Crippen LogP) is 5.13. The molecule has 1 unspecified atom stereocenters. The van der Waals surface area contributed by atoms with Gasteiger partial charge in [-0.3, -0.25) is 0 Å². The highest BCUT2D eigenvalue weighted by Gasteiger charge is 2.42. The van der Waals surface area contributed by atoms with Gasteiger partial charge in [0.15, 0.2) is 0 Å². The lowest BCUT2D eigenvalue weighted by Gasteiger charge is -2.42. The van der Waals surface area contributed by atoms with Crippen LogP contribution in [0.25, 0.3) is 0 Å². The Morgan fingerprint density at radius 3 is 1.83 bits per heavy atom. The Labute approximate surface area is 139 Å². The molecule has 0 spiro atoms. The number of nitrogens with zero attached hydrogens (tertiary/aromatic N) is 1. The zero-order valence-corrected chi connectivity index (χ0v) is 14.7. The van der Waals surface area contributed by atoms with Crippen LogP contribution in [0, 0.1) is 0 Å². The van der Waals surface area contributed by atoms with Crippen LogP contribution in [0.1, 0.15) is 64.2 Å². The highest BCUT2D eigenvalue weighted by molar-refractivity contribution is 7.50. The van der Waals surface area contributed by atoms with E-state index in [-0.39, 0.29) is 12.1 Å². The molecule has 2 aliphatic rings. The highest BCUT2D eigenvalue weighted by Crippen LogP contribution is 2.53. The van der Waals surface area contributed by atoms with Gasteiger partial charge < -0.3 is 9.42 Å². The fraction of sp³-hybridized carbons (Fsp3) is 0.667. The first-order valence-electron chi connectivity index (χ1n) is 9.03. The molecule has 0 aromatic heterocycles. The number of benzene rings is 1. The van der Waals surface area contributed by atoms with E-state index in [0.29, 0.717) is 5.75 Å². The Kier molecular flexibility index (Phi) is 5.79. The normalized spacial score (nSPS) is 23.6. The van der Waals surface area contributed by atoms with Crippen molar-refractivity contribution >= 4 is 7.75 Å². The van der Waals surface area contributed by atoms with Gasteiger partial charge in [0.25, 0.3) is 0 Å². The van der Waals surface area contributed by atoms with E-state index >= 15 is 0 Å². The molecule has 0 aliphatic heterocycles. The zero-order chi connectivity index (χ0) is 16.1. The molecule has 0 saturated heterocycles. The molecule has 1 aromatic carbocycles. The molecular formula is C18H28NO3P. The van der Waals surface area contributed by atoms with Crippen molar-refractivity contribution in [1.82, 2.24) is 4.67 Å². The third-order valence-electron chi connectivity index (χ3n) is 5.16. The van der Waals surface area contributed by atoms with E-state index in [0.717, 1.165) is 51.4 Å². The van der Waals surface area contributed by atoms with E-state index in [4.69, 9.17) is 4.52 Å². The third-order valence-corrected chi connectivity index (χ3v) is 6.84. The number of hydrogen-bond donors (Lipinski definition) is 1. The van der Waals surface area contributed by atoms with Crippen molar-refractivity contribution < 1.29 is 14.0 Å². The van der Waals surface area contributed by atoms with Crippen LogP contribution in [0.5, 0.6) is 5.75 Å². The summed E-state index contributed by atoms with van der Waals surface area (Å²) >= 11 is 0. The molecule has 0 amide bonds. The molecule has 23 heavy (non-hydrogen) atoms. The van der Waals surface area contributed by atoms with E-state index < -0.39 is 7.75 Å². The topological polar surface area (TPSA) is 49.8 Å². The van der Waals surface area contributed by atoms with Gasteiger partial charge in [0, 0.05) is 12.1 Å². The maximum Gasteiger partial charge on any atom is 0.459 e. The monoisotopic (exact) mass is 337 g/mol. The fourth-order valence-corrected chi connectivity index (χ4v) is 5.85. The van der Waals surface area contributed by atoms with E-state index in [1.807, 2.05) is 22.9 Å². The lowest BCUT2D eigenvalue weighted by Crippen LogP contribution is -2.43. The molecule has 128 valence electrons. The van der Waals surface area contributed by atoms with E-state index in [1.165, 1.54) is 12.8 Å². The van der Waals surface area contributed by atoms with Gasteiger partial charge in [-0.2, -0.15) is 4.67 Å². The number of rotatable bonds is 5. The van der Waals surface area contributed by atoms with Gasteiger partial charge in [0.05, 0.1) is 0 Å². The molecule has 0 radical (unpaired) electrons. The maximum absolute atomic E-state index is 13.1.